The molecule has 0 aliphatic heterocycles. The molecule has 0 spiro atoms. The van der Waals surface area contributed by atoms with Crippen LogP contribution < -0.4 is 20.8 Å². The second-order valence-corrected chi connectivity index (χ2v) is 8.25. The first kappa shape index (κ1) is 25.5. The fourth-order valence-corrected chi connectivity index (χ4v) is 3.11. The molecule has 0 atom stereocenters. The zero-order chi connectivity index (χ0) is 25.4. The lowest BCUT2D eigenvalue weighted by molar-refractivity contribution is -0.136. The van der Waals surface area contributed by atoms with E-state index < -0.39 is 11.8 Å². The maximum Gasteiger partial charge on any atom is 0.329 e. The predicted molar refractivity (Wildman–Crippen MR) is 137 cm³/mol. The highest BCUT2D eigenvalue weighted by atomic mass is 35.5. The van der Waals surface area contributed by atoms with Crippen LogP contribution in [-0.2, 0) is 14.4 Å². The number of nitrogens with one attached hydrogen (secondary N) is 3. The van der Waals surface area contributed by atoms with Crippen LogP contribution in [0.5, 0.6) is 5.75 Å². The molecule has 0 unspecified atom stereocenters. The number of hydrogen-bond acceptors (Lipinski definition) is 5. The molecule has 0 saturated carbocycles. The number of nitrogens with zero attached hydrogens (tertiary/aromatic N) is 1. The summed E-state index contributed by atoms with van der Waals surface area (Å²) in [5.74, 6) is -1.56. The summed E-state index contributed by atoms with van der Waals surface area (Å²) in [6.45, 7) is 5.57. The van der Waals surface area contributed by atoms with E-state index in [2.05, 4.69) is 21.2 Å². The van der Waals surface area contributed by atoms with Gasteiger partial charge in [-0.2, -0.15) is 5.10 Å². The first-order chi connectivity index (χ1) is 16.7. The minimum absolute atomic E-state index is 0.141. The molecular formula is C26H25ClN4O4. The first-order valence-corrected chi connectivity index (χ1v) is 11.1. The second-order valence-electron chi connectivity index (χ2n) is 7.84. The van der Waals surface area contributed by atoms with Crippen LogP contribution in [0.4, 0.5) is 11.4 Å². The van der Waals surface area contributed by atoms with Gasteiger partial charge in [0.1, 0.15) is 5.75 Å². The normalized spacial score (nSPS) is 10.6. The Morgan fingerprint density at radius 3 is 2.31 bits per heavy atom. The summed E-state index contributed by atoms with van der Waals surface area (Å²) < 4.78 is 5.52. The summed E-state index contributed by atoms with van der Waals surface area (Å²) in [5, 5.41) is 9.56. The van der Waals surface area contributed by atoms with Crippen LogP contribution in [0, 0.1) is 20.8 Å². The lowest BCUT2D eigenvalue weighted by Gasteiger charge is -2.10. The van der Waals surface area contributed by atoms with E-state index in [0.717, 1.165) is 22.4 Å². The number of anilines is 2. The van der Waals surface area contributed by atoms with Crippen molar-refractivity contribution in [1.29, 1.82) is 0 Å². The average Bonchev–Trinajstić information content (AvgIpc) is 2.83. The molecule has 0 fully saturated rings. The van der Waals surface area contributed by atoms with Gasteiger partial charge in [0.25, 0.3) is 5.91 Å². The summed E-state index contributed by atoms with van der Waals surface area (Å²) in [4.78, 5) is 36.1. The predicted octanol–water partition coefficient (Wildman–Crippen LogP) is 4.37. The Balaban J connectivity index is 1.45. The van der Waals surface area contributed by atoms with Gasteiger partial charge in [0.05, 0.1) is 6.21 Å². The summed E-state index contributed by atoms with van der Waals surface area (Å²) in [7, 11) is 0. The molecular weight excluding hydrogens is 468 g/mol. The lowest BCUT2D eigenvalue weighted by Crippen LogP contribution is -2.32. The number of carbonyl (C=O) groups excluding carboxylic acids is 3. The van der Waals surface area contributed by atoms with Gasteiger partial charge in [0.15, 0.2) is 6.61 Å². The van der Waals surface area contributed by atoms with Crippen LogP contribution >= 0.6 is 11.6 Å². The van der Waals surface area contributed by atoms with Crippen molar-refractivity contribution in [2.24, 2.45) is 5.10 Å². The van der Waals surface area contributed by atoms with Crippen molar-refractivity contribution in [3.8, 4) is 5.75 Å². The van der Waals surface area contributed by atoms with Gasteiger partial charge in [-0.25, -0.2) is 5.43 Å². The highest BCUT2D eigenvalue weighted by molar-refractivity contribution is 6.39. The number of amides is 3. The quantitative estimate of drug-likeness (QED) is 0.258. The smallest absolute Gasteiger partial charge is 0.329 e. The lowest BCUT2D eigenvalue weighted by atomic mass is 10.1. The van der Waals surface area contributed by atoms with E-state index in [1.54, 1.807) is 42.5 Å². The van der Waals surface area contributed by atoms with Crippen molar-refractivity contribution < 1.29 is 19.1 Å². The third-order valence-electron chi connectivity index (χ3n) is 4.93. The van der Waals surface area contributed by atoms with E-state index in [0.29, 0.717) is 22.0 Å². The Hall–Kier alpha value is -4.17. The largest absolute Gasteiger partial charge is 0.484 e. The molecule has 0 bridgehead atoms. The molecule has 3 aromatic rings. The molecule has 0 radical (unpaired) electrons. The molecule has 3 rings (SSSR count). The van der Waals surface area contributed by atoms with Crippen molar-refractivity contribution in [1.82, 2.24) is 5.43 Å². The van der Waals surface area contributed by atoms with Crippen molar-refractivity contribution in [2.45, 2.75) is 20.8 Å². The average molecular weight is 493 g/mol. The molecule has 0 saturated heterocycles. The Bertz CT molecular complexity index is 1270. The van der Waals surface area contributed by atoms with Gasteiger partial charge < -0.3 is 15.4 Å². The Kier molecular flexibility index (Phi) is 8.58. The van der Waals surface area contributed by atoms with Crippen LogP contribution in [0.15, 0.2) is 65.8 Å². The van der Waals surface area contributed by atoms with Crippen LogP contribution in [0.2, 0.25) is 5.02 Å². The first-order valence-electron chi connectivity index (χ1n) is 10.7. The maximum absolute atomic E-state index is 12.2. The molecule has 8 nitrogen and oxygen atoms in total. The fourth-order valence-electron chi connectivity index (χ4n) is 2.93. The van der Waals surface area contributed by atoms with Crippen molar-refractivity contribution in [3.63, 3.8) is 0 Å². The van der Waals surface area contributed by atoms with Crippen LogP contribution in [-0.4, -0.2) is 30.5 Å². The van der Waals surface area contributed by atoms with Crippen molar-refractivity contribution in [3.05, 3.63) is 87.9 Å². The summed E-state index contributed by atoms with van der Waals surface area (Å²) >= 11 is 6.01. The standard InChI is InChI=1S/C26H25ClN4O4/c1-16-4-5-18(3)23(12-16)30-24(32)15-35-21-10-7-19(8-11-21)14-28-31-26(34)25(33)29-20-9-6-17(2)22(27)13-20/h4-14H,15H2,1-3H3,(H,29,33)(H,30,32)(H,31,34)/b28-14-. The SMILES string of the molecule is Cc1ccc(C)c(NC(=O)COc2ccc(/C=N\NC(=O)C(=O)Nc3ccc(C)c(Cl)c3)cc2)c1. The fraction of sp³-hybridized carbons (Fsp3) is 0.154. The number of ether oxygens (including phenoxy) is 1. The molecule has 180 valence electrons. The molecule has 0 heterocycles. The number of benzene rings is 3. The second kappa shape index (κ2) is 11.8. The Morgan fingerprint density at radius 2 is 1.60 bits per heavy atom. The van der Waals surface area contributed by atoms with E-state index >= 15 is 0 Å². The monoisotopic (exact) mass is 492 g/mol. The van der Waals surface area contributed by atoms with E-state index in [-0.39, 0.29) is 12.5 Å². The number of halogens is 1. The zero-order valence-electron chi connectivity index (χ0n) is 19.5. The van der Waals surface area contributed by atoms with Crippen molar-refractivity contribution in [2.75, 3.05) is 17.2 Å². The van der Waals surface area contributed by atoms with Gasteiger partial charge in [0, 0.05) is 16.4 Å². The third kappa shape index (κ3) is 7.68. The van der Waals surface area contributed by atoms with E-state index in [4.69, 9.17) is 16.3 Å². The van der Waals surface area contributed by atoms with Gasteiger partial charge in [-0.05, 0) is 85.5 Å². The third-order valence-corrected chi connectivity index (χ3v) is 5.34. The van der Waals surface area contributed by atoms with Crippen LogP contribution in [0.1, 0.15) is 22.3 Å². The maximum atomic E-state index is 12.2. The van der Waals surface area contributed by atoms with Gasteiger partial charge in [-0.1, -0.05) is 29.8 Å². The number of rotatable bonds is 7. The van der Waals surface area contributed by atoms with Gasteiger partial charge in [-0.3, -0.25) is 14.4 Å². The van der Waals surface area contributed by atoms with Crippen molar-refractivity contribution >= 4 is 46.9 Å². The van der Waals surface area contributed by atoms with E-state index in [1.807, 2.05) is 39.0 Å². The molecule has 3 N–H and O–H groups in total. The van der Waals surface area contributed by atoms with Gasteiger partial charge >= 0.3 is 11.8 Å². The highest BCUT2D eigenvalue weighted by Gasteiger charge is 2.13. The minimum atomic E-state index is -0.923. The number of carbonyl (C=O) groups is 3. The molecule has 35 heavy (non-hydrogen) atoms. The van der Waals surface area contributed by atoms with Crippen LogP contribution in [0.25, 0.3) is 0 Å². The molecule has 0 aliphatic carbocycles. The number of hydrazone groups is 1. The highest BCUT2D eigenvalue weighted by Crippen LogP contribution is 2.20. The van der Waals surface area contributed by atoms with E-state index in [1.165, 1.54) is 6.21 Å². The number of hydrogen-bond donors (Lipinski definition) is 3. The molecule has 0 aliphatic rings. The molecule has 9 heteroatoms. The summed E-state index contributed by atoms with van der Waals surface area (Å²) in [6, 6.07) is 17.5. The van der Waals surface area contributed by atoms with Crippen LogP contribution in [0.3, 0.4) is 0 Å². The molecule has 3 amide bonds. The zero-order valence-corrected chi connectivity index (χ0v) is 20.3. The molecule has 0 aromatic heterocycles. The number of aryl methyl sites for hydroxylation is 3. The van der Waals surface area contributed by atoms with Gasteiger partial charge in [-0.15, -0.1) is 0 Å². The topological polar surface area (TPSA) is 109 Å². The minimum Gasteiger partial charge on any atom is -0.484 e. The Morgan fingerprint density at radius 1 is 0.886 bits per heavy atom. The van der Waals surface area contributed by atoms with E-state index in [9.17, 15) is 14.4 Å². The Labute approximate surface area is 208 Å². The van der Waals surface area contributed by atoms with Gasteiger partial charge in [0.2, 0.25) is 0 Å². The summed E-state index contributed by atoms with van der Waals surface area (Å²) in [6.07, 6.45) is 1.38. The summed E-state index contributed by atoms with van der Waals surface area (Å²) in [5.41, 5.74) is 6.86. The molecule has 3 aromatic carbocycles.